The molecule has 0 fully saturated rings. The highest BCUT2D eigenvalue weighted by atomic mass is 32.2. The number of phenolic OH excluding ortho intramolecular Hbond substituents is 1. The summed E-state index contributed by atoms with van der Waals surface area (Å²) in [6.07, 6.45) is 2.06. The zero-order valence-electron chi connectivity index (χ0n) is 14.6. The summed E-state index contributed by atoms with van der Waals surface area (Å²) in [6, 6.07) is 13.5. The number of hydrogen-bond donors (Lipinski definition) is 1. The van der Waals surface area contributed by atoms with E-state index in [0.717, 1.165) is 17.5 Å². The van der Waals surface area contributed by atoms with Crippen LogP contribution < -0.4 is 5.63 Å². The predicted molar refractivity (Wildman–Crippen MR) is 102 cm³/mol. The highest BCUT2D eigenvalue weighted by Crippen LogP contribution is 2.28. The first-order chi connectivity index (χ1) is 12.0. The summed E-state index contributed by atoms with van der Waals surface area (Å²) in [5.74, 6) is 0.134. The van der Waals surface area contributed by atoms with Gasteiger partial charge in [-0.3, -0.25) is 4.90 Å². The summed E-state index contributed by atoms with van der Waals surface area (Å²) in [7, 11) is 2.02. The molecule has 0 bridgehead atoms. The van der Waals surface area contributed by atoms with E-state index in [4.69, 9.17) is 4.42 Å². The molecule has 0 unspecified atom stereocenters. The van der Waals surface area contributed by atoms with Crippen molar-refractivity contribution in [1.82, 2.24) is 4.90 Å². The molecule has 0 amide bonds. The van der Waals surface area contributed by atoms with Gasteiger partial charge in [-0.15, -0.1) is 11.8 Å². The molecule has 1 N–H and O–H groups in total. The highest BCUT2D eigenvalue weighted by Gasteiger charge is 2.12. The Hall–Kier alpha value is -2.24. The van der Waals surface area contributed by atoms with Gasteiger partial charge in [0.2, 0.25) is 0 Å². The normalized spacial score (nSPS) is 11.4. The molecule has 5 heteroatoms. The second-order valence-corrected chi connectivity index (χ2v) is 7.08. The van der Waals surface area contributed by atoms with Crippen molar-refractivity contribution in [3.05, 3.63) is 69.6 Å². The number of hydrogen-bond acceptors (Lipinski definition) is 5. The minimum atomic E-state index is -0.395. The highest BCUT2D eigenvalue weighted by molar-refractivity contribution is 7.98. The minimum Gasteiger partial charge on any atom is -0.508 e. The molecule has 1 heterocycles. The minimum absolute atomic E-state index is 0.134. The number of phenols is 1. The third-order valence-corrected chi connectivity index (χ3v) is 5.01. The van der Waals surface area contributed by atoms with Crippen LogP contribution in [0.4, 0.5) is 0 Å². The van der Waals surface area contributed by atoms with Crippen LogP contribution in [-0.4, -0.2) is 23.3 Å². The lowest BCUT2D eigenvalue weighted by molar-refractivity contribution is 0.319. The molecule has 3 aromatic rings. The molecular weight excluding hydrogens is 334 g/mol. The van der Waals surface area contributed by atoms with Crippen molar-refractivity contribution in [2.45, 2.75) is 24.9 Å². The van der Waals surface area contributed by atoms with Gasteiger partial charge < -0.3 is 9.52 Å². The largest absolute Gasteiger partial charge is 0.508 e. The molecule has 0 saturated heterocycles. The van der Waals surface area contributed by atoms with Crippen LogP contribution in [0.15, 0.2) is 56.6 Å². The van der Waals surface area contributed by atoms with Gasteiger partial charge in [-0.05, 0) is 55.6 Å². The fourth-order valence-electron chi connectivity index (χ4n) is 2.94. The van der Waals surface area contributed by atoms with E-state index in [2.05, 4.69) is 35.4 Å². The predicted octanol–water partition coefficient (Wildman–Crippen LogP) is 4.16. The molecule has 0 aliphatic heterocycles. The average Bonchev–Trinajstić information content (AvgIpc) is 2.59. The van der Waals surface area contributed by atoms with E-state index in [1.165, 1.54) is 16.5 Å². The first-order valence-corrected chi connectivity index (χ1v) is 9.27. The maximum atomic E-state index is 11.9. The maximum absolute atomic E-state index is 11.9. The van der Waals surface area contributed by atoms with Crippen LogP contribution in [0.5, 0.6) is 5.75 Å². The maximum Gasteiger partial charge on any atom is 0.336 e. The molecule has 0 radical (unpaired) electrons. The Labute approximate surface area is 151 Å². The van der Waals surface area contributed by atoms with Crippen LogP contribution in [0.1, 0.15) is 16.7 Å². The second kappa shape index (κ2) is 7.33. The van der Waals surface area contributed by atoms with Gasteiger partial charge in [0.05, 0.1) is 0 Å². The second-order valence-electron chi connectivity index (χ2n) is 6.20. The van der Waals surface area contributed by atoms with Gasteiger partial charge in [0.15, 0.2) is 0 Å². The van der Waals surface area contributed by atoms with E-state index >= 15 is 0 Å². The first kappa shape index (κ1) is 17.6. The van der Waals surface area contributed by atoms with Crippen LogP contribution in [0.2, 0.25) is 0 Å². The van der Waals surface area contributed by atoms with Crippen molar-refractivity contribution in [1.29, 1.82) is 0 Å². The third-order valence-electron chi connectivity index (χ3n) is 4.27. The van der Waals surface area contributed by atoms with Gasteiger partial charge >= 0.3 is 5.63 Å². The quantitative estimate of drug-likeness (QED) is 0.550. The Morgan fingerprint density at radius 3 is 2.52 bits per heavy atom. The molecule has 0 atom stereocenters. The summed E-state index contributed by atoms with van der Waals surface area (Å²) in [4.78, 5) is 15.3. The van der Waals surface area contributed by atoms with Crippen LogP contribution in [-0.2, 0) is 13.1 Å². The Kier molecular flexibility index (Phi) is 5.16. The average molecular weight is 355 g/mol. The van der Waals surface area contributed by atoms with E-state index in [-0.39, 0.29) is 5.75 Å². The summed E-state index contributed by atoms with van der Waals surface area (Å²) in [5.41, 5.74) is 2.78. The lowest BCUT2D eigenvalue weighted by atomic mass is 10.1. The van der Waals surface area contributed by atoms with Crippen LogP contribution in [0.25, 0.3) is 11.0 Å². The third kappa shape index (κ3) is 3.89. The van der Waals surface area contributed by atoms with Gasteiger partial charge in [0.1, 0.15) is 11.3 Å². The topological polar surface area (TPSA) is 53.7 Å². The molecule has 0 aliphatic rings. The van der Waals surface area contributed by atoms with Crippen molar-refractivity contribution >= 4 is 22.7 Å². The molecule has 0 aliphatic carbocycles. The van der Waals surface area contributed by atoms with E-state index in [1.807, 2.05) is 7.05 Å². The van der Waals surface area contributed by atoms with E-state index in [0.29, 0.717) is 17.7 Å². The monoisotopic (exact) mass is 355 g/mol. The summed E-state index contributed by atoms with van der Waals surface area (Å²) in [5, 5.41) is 10.7. The molecule has 3 rings (SSSR count). The zero-order chi connectivity index (χ0) is 18.0. The lowest BCUT2D eigenvalue weighted by Gasteiger charge is -2.18. The molecular formula is C20H21NO3S. The SMILES string of the molecule is CSc1ccc(CN(C)Cc2cc(=O)oc3c(C)c(O)ccc23)cc1. The molecule has 2 aromatic carbocycles. The van der Waals surface area contributed by atoms with Gasteiger partial charge in [-0.1, -0.05) is 12.1 Å². The van der Waals surface area contributed by atoms with Crippen molar-refractivity contribution in [3.63, 3.8) is 0 Å². The molecule has 1 aromatic heterocycles. The standard InChI is InChI=1S/C20H21NO3S/c1-13-18(22)9-8-17-15(10-19(23)24-20(13)17)12-21(2)11-14-4-6-16(25-3)7-5-14/h4-10,22H,11-12H2,1-3H3. The molecule has 0 saturated carbocycles. The smallest absolute Gasteiger partial charge is 0.336 e. The number of nitrogens with zero attached hydrogens (tertiary/aromatic N) is 1. The van der Waals surface area contributed by atoms with Crippen molar-refractivity contribution in [2.24, 2.45) is 0 Å². The van der Waals surface area contributed by atoms with Gasteiger partial charge in [0.25, 0.3) is 0 Å². The van der Waals surface area contributed by atoms with E-state index in [1.54, 1.807) is 30.8 Å². The first-order valence-electron chi connectivity index (χ1n) is 8.04. The zero-order valence-corrected chi connectivity index (χ0v) is 15.4. The fraction of sp³-hybridized carbons (Fsp3) is 0.250. The van der Waals surface area contributed by atoms with Crippen LogP contribution in [0, 0.1) is 6.92 Å². The van der Waals surface area contributed by atoms with E-state index in [9.17, 15) is 9.90 Å². The molecule has 25 heavy (non-hydrogen) atoms. The van der Waals surface area contributed by atoms with Gasteiger partial charge in [-0.25, -0.2) is 4.79 Å². The van der Waals surface area contributed by atoms with Crippen LogP contribution >= 0.6 is 11.8 Å². The van der Waals surface area contributed by atoms with Crippen molar-refractivity contribution in [3.8, 4) is 5.75 Å². The summed E-state index contributed by atoms with van der Waals surface area (Å²) < 4.78 is 5.30. The lowest BCUT2D eigenvalue weighted by Crippen LogP contribution is -2.18. The molecule has 4 nitrogen and oxygen atoms in total. The fourth-order valence-corrected chi connectivity index (χ4v) is 3.34. The Bertz CT molecular complexity index is 948. The van der Waals surface area contributed by atoms with Crippen molar-refractivity contribution in [2.75, 3.05) is 13.3 Å². The van der Waals surface area contributed by atoms with Gasteiger partial charge in [-0.2, -0.15) is 0 Å². The summed E-state index contributed by atoms with van der Waals surface area (Å²) in [6.45, 7) is 3.16. The molecule has 130 valence electrons. The number of thioether (sulfide) groups is 1. The Morgan fingerprint density at radius 2 is 1.84 bits per heavy atom. The number of rotatable bonds is 5. The number of benzene rings is 2. The van der Waals surface area contributed by atoms with Gasteiger partial charge in [0, 0.05) is 35.0 Å². The number of aromatic hydroxyl groups is 1. The van der Waals surface area contributed by atoms with Crippen molar-refractivity contribution < 1.29 is 9.52 Å². The Balaban J connectivity index is 1.86. The molecule has 0 spiro atoms. The van der Waals surface area contributed by atoms with Crippen LogP contribution in [0.3, 0.4) is 0 Å². The number of aryl methyl sites for hydroxylation is 1. The summed E-state index contributed by atoms with van der Waals surface area (Å²) >= 11 is 1.73. The Morgan fingerprint density at radius 1 is 1.12 bits per heavy atom. The van der Waals surface area contributed by atoms with E-state index < -0.39 is 5.63 Å². The number of fused-ring (bicyclic) bond motifs is 1.